The minimum absolute atomic E-state index is 0.0930. The first kappa shape index (κ1) is 13.0. The molecule has 2 saturated heterocycles. The number of carbonyl (C=O) groups excluding carboxylic acids is 1. The van der Waals surface area contributed by atoms with Crippen molar-refractivity contribution in [2.45, 2.75) is 50.1 Å². The fourth-order valence-corrected chi connectivity index (χ4v) is 4.45. The molecule has 6 heteroatoms. The van der Waals surface area contributed by atoms with Crippen LogP contribution < -0.4 is 0 Å². The summed E-state index contributed by atoms with van der Waals surface area (Å²) in [5, 5.41) is 0. The Hall–Kier alpha value is 0.0200. The second-order valence-electron chi connectivity index (χ2n) is 5.85. The van der Waals surface area contributed by atoms with E-state index in [2.05, 4.69) is 26.0 Å². The molecule has 0 spiro atoms. The van der Waals surface area contributed by atoms with Crippen molar-refractivity contribution in [1.29, 1.82) is 0 Å². The van der Waals surface area contributed by atoms with Gasteiger partial charge < -0.3 is 4.90 Å². The van der Waals surface area contributed by atoms with Crippen LogP contribution in [0, 0.1) is 5.92 Å². The standard InChI is InChI=1S/C12H17F2IN2O/c13-12(14)4-8(5-12)3-11(18)17-9-1-2-10(17)7-16(15)6-9/h8-10H,1-7H2. The lowest BCUT2D eigenvalue weighted by Crippen LogP contribution is -2.54. The van der Waals surface area contributed by atoms with Gasteiger partial charge in [-0.25, -0.2) is 11.9 Å². The largest absolute Gasteiger partial charge is 0.334 e. The number of amides is 1. The van der Waals surface area contributed by atoms with Crippen molar-refractivity contribution in [3.63, 3.8) is 0 Å². The Morgan fingerprint density at radius 3 is 2.28 bits per heavy atom. The predicted octanol–water partition coefficient (Wildman–Crippen LogP) is 2.45. The van der Waals surface area contributed by atoms with E-state index < -0.39 is 5.92 Å². The molecule has 1 aliphatic carbocycles. The lowest BCUT2D eigenvalue weighted by Gasteiger charge is -2.41. The molecule has 18 heavy (non-hydrogen) atoms. The van der Waals surface area contributed by atoms with Gasteiger partial charge in [-0.2, -0.15) is 0 Å². The van der Waals surface area contributed by atoms with Crippen LogP contribution >= 0.6 is 22.9 Å². The summed E-state index contributed by atoms with van der Waals surface area (Å²) in [7, 11) is 0. The predicted molar refractivity (Wildman–Crippen MR) is 71.5 cm³/mol. The third-order valence-corrected chi connectivity index (χ3v) is 5.15. The molecular formula is C12H17F2IN2O. The van der Waals surface area contributed by atoms with Crippen molar-refractivity contribution in [1.82, 2.24) is 8.01 Å². The highest BCUT2D eigenvalue weighted by Gasteiger charge is 2.48. The summed E-state index contributed by atoms with van der Waals surface area (Å²) in [4.78, 5) is 14.2. The van der Waals surface area contributed by atoms with Gasteiger partial charge in [0.1, 0.15) is 0 Å². The zero-order chi connectivity index (χ0) is 12.9. The van der Waals surface area contributed by atoms with Crippen LogP contribution in [0.15, 0.2) is 0 Å². The van der Waals surface area contributed by atoms with E-state index in [1.54, 1.807) is 0 Å². The molecule has 3 aliphatic rings. The summed E-state index contributed by atoms with van der Waals surface area (Å²) >= 11 is 2.31. The van der Waals surface area contributed by atoms with Gasteiger partial charge in [-0.3, -0.25) is 4.79 Å². The highest BCUT2D eigenvalue weighted by molar-refractivity contribution is 14.1. The lowest BCUT2D eigenvalue weighted by molar-refractivity contribution is -0.145. The van der Waals surface area contributed by atoms with Crippen LogP contribution in [0.3, 0.4) is 0 Å². The van der Waals surface area contributed by atoms with Crippen LogP contribution in [-0.4, -0.2) is 45.0 Å². The number of alkyl halides is 2. The van der Waals surface area contributed by atoms with E-state index in [1.165, 1.54) is 0 Å². The molecule has 0 aromatic rings. The van der Waals surface area contributed by atoms with Gasteiger partial charge in [0.25, 0.3) is 0 Å². The SMILES string of the molecule is O=C(CC1CC(F)(F)C1)N1C2CCC1CN(I)C2. The van der Waals surface area contributed by atoms with Gasteiger partial charge in [-0.15, -0.1) is 0 Å². The van der Waals surface area contributed by atoms with Gasteiger partial charge >= 0.3 is 0 Å². The molecular weight excluding hydrogens is 353 g/mol. The van der Waals surface area contributed by atoms with E-state index in [4.69, 9.17) is 0 Å². The third-order valence-electron chi connectivity index (χ3n) is 4.36. The Labute approximate surface area is 119 Å². The van der Waals surface area contributed by atoms with Crippen LogP contribution in [0.4, 0.5) is 8.78 Å². The van der Waals surface area contributed by atoms with Crippen molar-refractivity contribution in [3.8, 4) is 0 Å². The van der Waals surface area contributed by atoms with Gasteiger partial charge in [-0.1, -0.05) is 0 Å². The molecule has 102 valence electrons. The number of hydrogen-bond donors (Lipinski definition) is 0. The molecule has 0 radical (unpaired) electrons. The van der Waals surface area contributed by atoms with Crippen molar-refractivity contribution in [2.24, 2.45) is 5.92 Å². The van der Waals surface area contributed by atoms with Crippen molar-refractivity contribution >= 4 is 28.8 Å². The van der Waals surface area contributed by atoms with Crippen molar-refractivity contribution < 1.29 is 13.6 Å². The van der Waals surface area contributed by atoms with Crippen LogP contribution in [-0.2, 0) is 4.79 Å². The van der Waals surface area contributed by atoms with Gasteiger partial charge in [0, 0.05) is 67.3 Å². The van der Waals surface area contributed by atoms with Gasteiger partial charge in [0.05, 0.1) is 0 Å². The summed E-state index contributed by atoms with van der Waals surface area (Å²) in [5.41, 5.74) is 0. The zero-order valence-electron chi connectivity index (χ0n) is 10.1. The van der Waals surface area contributed by atoms with Crippen LogP contribution in [0.5, 0.6) is 0 Å². The Kier molecular flexibility index (Phi) is 3.28. The summed E-state index contributed by atoms with van der Waals surface area (Å²) in [6.07, 6.45) is 2.26. The number of nitrogens with zero attached hydrogens (tertiary/aromatic N) is 2. The smallest absolute Gasteiger partial charge is 0.248 e. The summed E-state index contributed by atoms with van der Waals surface area (Å²) in [5.74, 6) is -2.50. The van der Waals surface area contributed by atoms with Gasteiger partial charge in [-0.05, 0) is 18.8 Å². The number of fused-ring (bicyclic) bond motifs is 2. The highest BCUT2D eigenvalue weighted by atomic mass is 127. The van der Waals surface area contributed by atoms with Crippen molar-refractivity contribution in [3.05, 3.63) is 0 Å². The van der Waals surface area contributed by atoms with E-state index >= 15 is 0 Å². The molecule has 0 aromatic heterocycles. The molecule has 0 N–H and O–H groups in total. The Balaban J connectivity index is 1.57. The van der Waals surface area contributed by atoms with Gasteiger partial charge in [0.2, 0.25) is 11.8 Å². The first-order valence-corrected chi connectivity index (χ1v) is 7.51. The normalized spacial score (nSPS) is 35.6. The number of carbonyl (C=O) groups is 1. The average Bonchev–Trinajstić information content (AvgIpc) is 2.48. The Morgan fingerprint density at radius 2 is 1.78 bits per heavy atom. The molecule has 3 rings (SSSR count). The van der Waals surface area contributed by atoms with Gasteiger partial charge in [0.15, 0.2) is 0 Å². The maximum absolute atomic E-state index is 12.8. The number of piperazine rings is 1. The second-order valence-corrected chi connectivity index (χ2v) is 7.21. The molecule has 2 atom stereocenters. The molecule has 2 bridgehead atoms. The van der Waals surface area contributed by atoms with E-state index in [1.807, 2.05) is 4.90 Å². The minimum Gasteiger partial charge on any atom is -0.334 e. The summed E-state index contributed by atoms with van der Waals surface area (Å²) in [6.45, 7) is 1.84. The quantitative estimate of drug-likeness (QED) is 0.551. The Bertz CT molecular complexity index is 344. The van der Waals surface area contributed by atoms with Crippen LogP contribution in [0.1, 0.15) is 32.1 Å². The first-order valence-electron chi connectivity index (χ1n) is 6.54. The molecule has 2 heterocycles. The number of rotatable bonds is 2. The molecule has 3 nitrogen and oxygen atoms in total. The monoisotopic (exact) mass is 370 g/mol. The second kappa shape index (κ2) is 4.54. The fraction of sp³-hybridized carbons (Fsp3) is 0.917. The lowest BCUT2D eigenvalue weighted by atomic mass is 9.79. The molecule has 0 aromatic carbocycles. The summed E-state index contributed by atoms with van der Waals surface area (Å²) in [6, 6.07) is 0.627. The summed E-state index contributed by atoms with van der Waals surface area (Å²) < 4.78 is 27.8. The highest BCUT2D eigenvalue weighted by Crippen LogP contribution is 2.45. The molecule has 1 amide bonds. The topological polar surface area (TPSA) is 23.6 Å². The minimum atomic E-state index is -2.51. The van der Waals surface area contributed by atoms with E-state index in [-0.39, 0.29) is 24.7 Å². The van der Waals surface area contributed by atoms with Crippen LogP contribution in [0.2, 0.25) is 0 Å². The molecule has 2 unspecified atom stereocenters. The molecule has 3 fully saturated rings. The average molecular weight is 370 g/mol. The molecule has 1 saturated carbocycles. The maximum atomic E-state index is 12.8. The number of hydrogen-bond acceptors (Lipinski definition) is 2. The first-order chi connectivity index (χ1) is 8.44. The van der Waals surface area contributed by atoms with Crippen LogP contribution in [0.25, 0.3) is 0 Å². The number of halogens is 3. The van der Waals surface area contributed by atoms with E-state index in [9.17, 15) is 13.6 Å². The fourth-order valence-electron chi connectivity index (χ4n) is 3.54. The van der Waals surface area contributed by atoms with E-state index in [0.717, 1.165) is 25.9 Å². The zero-order valence-corrected chi connectivity index (χ0v) is 12.3. The third kappa shape index (κ3) is 2.37. The molecule has 2 aliphatic heterocycles. The van der Waals surface area contributed by atoms with E-state index in [0.29, 0.717) is 18.5 Å². The maximum Gasteiger partial charge on any atom is 0.248 e. The Morgan fingerprint density at radius 1 is 1.22 bits per heavy atom. The van der Waals surface area contributed by atoms with Crippen molar-refractivity contribution in [2.75, 3.05) is 13.1 Å².